The van der Waals surface area contributed by atoms with Gasteiger partial charge < -0.3 is 15.4 Å². The van der Waals surface area contributed by atoms with Crippen molar-refractivity contribution in [2.24, 2.45) is 4.99 Å². The van der Waals surface area contributed by atoms with Gasteiger partial charge >= 0.3 is 0 Å². The fraction of sp³-hybridized carbons (Fsp3) is 0.625. The van der Waals surface area contributed by atoms with E-state index in [9.17, 15) is 0 Å². The normalized spacial score (nSPS) is 17.4. The Morgan fingerprint density at radius 2 is 2.40 bits per heavy atom. The van der Waals surface area contributed by atoms with Crippen LogP contribution in [-0.4, -0.2) is 57.2 Å². The largest absolute Gasteiger partial charge is 0.377 e. The summed E-state index contributed by atoms with van der Waals surface area (Å²) in [5.41, 5.74) is 0. The Balaban J connectivity index is 1.44. The van der Waals surface area contributed by atoms with Crippen LogP contribution in [0.3, 0.4) is 0 Å². The van der Waals surface area contributed by atoms with E-state index in [1.54, 1.807) is 20.4 Å². The molecule has 0 aliphatic carbocycles. The first kappa shape index (κ1) is 17.4. The molecule has 9 heteroatoms. The Kier molecular flexibility index (Phi) is 5.99. The van der Waals surface area contributed by atoms with Gasteiger partial charge in [-0.3, -0.25) is 9.67 Å². The highest BCUT2D eigenvalue weighted by Crippen LogP contribution is 2.13. The summed E-state index contributed by atoms with van der Waals surface area (Å²) in [6, 6.07) is 2.23. The van der Waals surface area contributed by atoms with Gasteiger partial charge in [0.15, 0.2) is 11.8 Å². The van der Waals surface area contributed by atoms with Crippen molar-refractivity contribution in [2.45, 2.75) is 45.0 Å². The van der Waals surface area contributed by atoms with E-state index in [0.29, 0.717) is 12.6 Å². The summed E-state index contributed by atoms with van der Waals surface area (Å²) in [5, 5.41) is 15.5. The van der Waals surface area contributed by atoms with E-state index < -0.39 is 0 Å². The number of nitrogens with one attached hydrogen (secondary N) is 2. The van der Waals surface area contributed by atoms with E-state index in [1.807, 2.05) is 21.6 Å². The topological polar surface area (TPSA) is 94.2 Å². The van der Waals surface area contributed by atoms with E-state index in [4.69, 9.17) is 4.74 Å². The first-order chi connectivity index (χ1) is 12.3. The van der Waals surface area contributed by atoms with Crippen LogP contribution in [0.1, 0.15) is 24.5 Å². The van der Waals surface area contributed by atoms with Gasteiger partial charge in [-0.1, -0.05) is 0 Å². The van der Waals surface area contributed by atoms with Crippen molar-refractivity contribution in [2.75, 3.05) is 20.7 Å². The highest BCUT2D eigenvalue weighted by molar-refractivity contribution is 5.79. The number of methoxy groups -OCH3 is 1. The third kappa shape index (κ3) is 4.79. The van der Waals surface area contributed by atoms with Gasteiger partial charge in [-0.25, -0.2) is 9.67 Å². The average Bonchev–Trinajstić information content (AvgIpc) is 3.26. The number of fused-ring (bicyclic) bond motifs is 1. The summed E-state index contributed by atoms with van der Waals surface area (Å²) in [5.74, 6) is 2.61. The molecule has 2 aromatic rings. The van der Waals surface area contributed by atoms with Crippen molar-refractivity contribution in [3.05, 3.63) is 30.1 Å². The Morgan fingerprint density at radius 3 is 3.16 bits per heavy atom. The van der Waals surface area contributed by atoms with Crippen LogP contribution in [0.5, 0.6) is 0 Å². The molecule has 25 heavy (non-hydrogen) atoms. The molecule has 0 aromatic carbocycles. The van der Waals surface area contributed by atoms with Crippen LogP contribution in [0.2, 0.25) is 0 Å². The Hall–Kier alpha value is -2.42. The number of nitrogens with zero attached hydrogens (tertiary/aromatic N) is 6. The zero-order valence-corrected chi connectivity index (χ0v) is 14.9. The first-order valence-electron chi connectivity index (χ1n) is 8.64. The predicted molar refractivity (Wildman–Crippen MR) is 94.2 cm³/mol. The summed E-state index contributed by atoms with van der Waals surface area (Å²) in [6.07, 6.45) is 6.68. The summed E-state index contributed by atoms with van der Waals surface area (Å²) in [7, 11) is 3.45. The van der Waals surface area contributed by atoms with Crippen LogP contribution in [-0.2, 0) is 30.9 Å². The fourth-order valence-electron chi connectivity index (χ4n) is 2.94. The third-order valence-electron chi connectivity index (χ3n) is 4.16. The Labute approximate surface area is 147 Å². The molecular weight excluding hydrogens is 320 g/mol. The number of aliphatic imine (C=N–C) groups is 1. The van der Waals surface area contributed by atoms with E-state index in [2.05, 4.69) is 30.8 Å². The molecule has 0 fully saturated rings. The number of rotatable bonds is 7. The molecule has 0 bridgehead atoms. The second-order valence-electron chi connectivity index (χ2n) is 6.06. The van der Waals surface area contributed by atoms with Crippen molar-refractivity contribution in [1.29, 1.82) is 0 Å². The van der Waals surface area contributed by atoms with E-state index in [1.165, 1.54) is 0 Å². The Morgan fingerprint density at radius 1 is 1.48 bits per heavy atom. The smallest absolute Gasteiger partial charge is 0.191 e. The van der Waals surface area contributed by atoms with E-state index in [-0.39, 0.29) is 0 Å². The molecular formula is C16H26N8O. The average molecular weight is 346 g/mol. The fourth-order valence-corrected chi connectivity index (χ4v) is 2.94. The molecule has 0 saturated carbocycles. The van der Waals surface area contributed by atoms with Gasteiger partial charge in [0.2, 0.25) is 0 Å². The standard InChI is InChI=1S/C16H26N8O/c1-17-16(18-7-3-9-23-10-4-8-19-23)20-13-5-6-15-21-14(12-25-2)22-24(15)11-13/h4,8,10,13H,3,5-7,9,11-12H2,1-2H3,(H2,17,18,20). The van der Waals surface area contributed by atoms with Crippen molar-refractivity contribution in [3.63, 3.8) is 0 Å². The highest BCUT2D eigenvalue weighted by atomic mass is 16.5. The maximum Gasteiger partial charge on any atom is 0.191 e. The van der Waals surface area contributed by atoms with E-state index >= 15 is 0 Å². The molecule has 0 amide bonds. The van der Waals surface area contributed by atoms with Crippen LogP contribution in [0.4, 0.5) is 0 Å². The minimum absolute atomic E-state index is 0.293. The molecule has 1 unspecified atom stereocenters. The first-order valence-corrected chi connectivity index (χ1v) is 8.64. The lowest BCUT2D eigenvalue weighted by Crippen LogP contribution is -2.47. The van der Waals surface area contributed by atoms with Gasteiger partial charge in [0.1, 0.15) is 12.4 Å². The van der Waals surface area contributed by atoms with Gasteiger partial charge in [-0.15, -0.1) is 0 Å². The quantitative estimate of drug-likeness (QED) is 0.422. The lowest BCUT2D eigenvalue weighted by atomic mass is 10.1. The number of aryl methyl sites for hydroxylation is 2. The van der Waals surface area contributed by atoms with Crippen LogP contribution >= 0.6 is 0 Å². The number of guanidine groups is 1. The summed E-state index contributed by atoms with van der Waals surface area (Å²) < 4.78 is 9.01. The molecule has 9 nitrogen and oxygen atoms in total. The minimum atomic E-state index is 0.293. The van der Waals surface area contributed by atoms with Crippen LogP contribution in [0.25, 0.3) is 0 Å². The van der Waals surface area contributed by atoms with Crippen molar-refractivity contribution >= 4 is 5.96 Å². The molecule has 0 radical (unpaired) electrons. The number of hydrogen-bond acceptors (Lipinski definition) is 5. The zero-order valence-electron chi connectivity index (χ0n) is 14.9. The Bertz CT molecular complexity index is 678. The highest BCUT2D eigenvalue weighted by Gasteiger charge is 2.22. The second kappa shape index (κ2) is 8.61. The molecule has 2 aromatic heterocycles. The zero-order chi connectivity index (χ0) is 17.5. The minimum Gasteiger partial charge on any atom is -0.377 e. The molecule has 1 aliphatic rings. The van der Waals surface area contributed by atoms with Crippen LogP contribution in [0, 0.1) is 0 Å². The maximum atomic E-state index is 5.11. The summed E-state index contributed by atoms with van der Waals surface area (Å²) in [6.45, 7) is 2.99. The van der Waals surface area contributed by atoms with Crippen molar-refractivity contribution < 1.29 is 4.74 Å². The van der Waals surface area contributed by atoms with E-state index in [0.717, 1.165) is 56.5 Å². The summed E-state index contributed by atoms with van der Waals surface area (Å²) in [4.78, 5) is 8.82. The van der Waals surface area contributed by atoms with Gasteiger partial charge in [0, 0.05) is 52.1 Å². The molecule has 3 rings (SSSR count). The summed E-state index contributed by atoms with van der Waals surface area (Å²) >= 11 is 0. The number of aromatic nitrogens is 5. The molecule has 0 saturated heterocycles. The molecule has 1 aliphatic heterocycles. The maximum absolute atomic E-state index is 5.11. The number of hydrogen-bond donors (Lipinski definition) is 2. The number of ether oxygens (including phenoxy) is 1. The molecule has 1 atom stereocenters. The third-order valence-corrected chi connectivity index (χ3v) is 4.16. The molecule has 136 valence electrons. The SMILES string of the molecule is CN=C(NCCCn1cccn1)NC1CCc2nc(COC)nn2C1. The van der Waals surface area contributed by atoms with Crippen molar-refractivity contribution in [1.82, 2.24) is 35.2 Å². The van der Waals surface area contributed by atoms with Crippen LogP contribution < -0.4 is 10.6 Å². The van der Waals surface area contributed by atoms with Crippen molar-refractivity contribution in [3.8, 4) is 0 Å². The lowest BCUT2D eigenvalue weighted by molar-refractivity contribution is 0.177. The van der Waals surface area contributed by atoms with Crippen LogP contribution in [0.15, 0.2) is 23.5 Å². The van der Waals surface area contributed by atoms with Gasteiger partial charge in [-0.05, 0) is 18.9 Å². The molecule has 2 N–H and O–H groups in total. The van der Waals surface area contributed by atoms with Gasteiger partial charge in [0.25, 0.3) is 0 Å². The second-order valence-corrected chi connectivity index (χ2v) is 6.06. The van der Waals surface area contributed by atoms with Gasteiger partial charge in [0.05, 0.1) is 6.54 Å². The monoisotopic (exact) mass is 346 g/mol. The molecule has 3 heterocycles. The lowest BCUT2D eigenvalue weighted by Gasteiger charge is -2.25. The predicted octanol–water partition coefficient (Wildman–Crippen LogP) is 0.191. The van der Waals surface area contributed by atoms with Gasteiger partial charge in [-0.2, -0.15) is 10.2 Å². The molecule has 0 spiro atoms.